The fourth-order valence-electron chi connectivity index (χ4n) is 4.80. The van der Waals surface area contributed by atoms with E-state index in [9.17, 15) is 9.59 Å². The third kappa shape index (κ3) is 3.12. The van der Waals surface area contributed by atoms with Gasteiger partial charge in [-0.05, 0) is 42.3 Å². The van der Waals surface area contributed by atoms with Gasteiger partial charge in [-0.2, -0.15) is 0 Å². The first-order chi connectivity index (χ1) is 13.9. The van der Waals surface area contributed by atoms with Crippen molar-refractivity contribution < 1.29 is 14.3 Å². The summed E-state index contributed by atoms with van der Waals surface area (Å²) in [6, 6.07) is 12.9. The van der Waals surface area contributed by atoms with Gasteiger partial charge in [0.1, 0.15) is 5.41 Å². The minimum atomic E-state index is -1.07. The smallest absolute Gasteiger partial charge is 0.238 e. The van der Waals surface area contributed by atoms with Crippen molar-refractivity contribution in [1.29, 1.82) is 0 Å². The average molecular weight is 433 g/mol. The highest BCUT2D eigenvalue weighted by molar-refractivity contribution is 6.31. The third-order valence-electron chi connectivity index (χ3n) is 6.14. The predicted octanol–water partition coefficient (Wildman–Crippen LogP) is 4.23. The number of likely N-dealkylation sites (N-methyl/N-ethyl adjacent to an activating group) is 1. The van der Waals surface area contributed by atoms with E-state index in [1.54, 1.807) is 30.2 Å². The Morgan fingerprint density at radius 1 is 1.17 bits per heavy atom. The van der Waals surface area contributed by atoms with Gasteiger partial charge in [0.2, 0.25) is 11.8 Å². The molecule has 0 bridgehead atoms. The number of hydrogen-bond acceptors (Lipinski definition) is 3. The van der Waals surface area contributed by atoms with Gasteiger partial charge in [0, 0.05) is 41.8 Å². The molecule has 7 heteroatoms. The number of benzene rings is 2. The van der Waals surface area contributed by atoms with Gasteiger partial charge >= 0.3 is 0 Å². The summed E-state index contributed by atoms with van der Waals surface area (Å²) in [5.74, 6) is -0.546. The first-order valence-electron chi connectivity index (χ1n) is 9.59. The molecule has 0 saturated carbocycles. The lowest BCUT2D eigenvalue weighted by atomic mass is 9.64. The van der Waals surface area contributed by atoms with Gasteiger partial charge in [-0.1, -0.05) is 41.4 Å². The lowest BCUT2D eigenvalue weighted by molar-refractivity contribution is -0.133. The molecule has 0 radical (unpaired) electrons. The van der Waals surface area contributed by atoms with Crippen LogP contribution in [0.15, 0.2) is 42.5 Å². The molecule has 152 valence electrons. The van der Waals surface area contributed by atoms with Crippen LogP contribution in [-0.4, -0.2) is 43.0 Å². The number of methoxy groups -OCH3 is 1. The molecule has 1 saturated heterocycles. The molecular weight excluding hydrogens is 411 g/mol. The Balaban J connectivity index is 2.01. The number of likely N-dealkylation sites (tertiary alicyclic amines) is 1. The monoisotopic (exact) mass is 432 g/mol. The average Bonchev–Trinajstić information content (AvgIpc) is 2.90. The van der Waals surface area contributed by atoms with Gasteiger partial charge in [0.15, 0.2) is 0 Å². The molecule has 2 amide bonds. The van der Waals surface area contributed by atoms with Crippen LogP contribution >= 0.6 is 23.2 Å². The van der Waals surface area contributed by atoms with E-state index in [0.29, 0.717) is 28.8 Å². The topological polar surface area (TPSA) is 58.6 Å². The predicted molar refractivity (Wildman–Crippen MR) is 114 cm³/mol. The maximum atomic E-state index is 13.6. The van der Waals surface area contributed by atoms with Crippen LogP contribution in [0.3, 0.4) is 0 Å². The molecule has 2 heterocycles. The Kier molecular flexibility index (Phi) is 5.32. The quantitative estimate of drug-likeness (QED) is 0.788. The number of fused-ring (bicyclic) bond motifs is 2. The number of carbonyl (C=O) groups excluding carboxylic acids is 2. The fraction of sp³-hybridized carbons (Fsp3) is 0.364. The molecule has 5 nitrogen and oxygen atoms in total. The number of rotatable bonds is 3. The number of nitrogens with zero attached hydrogens (tertiary/aromatic N) is 1. The van der Waals surface area contributed by atoms with Crippen LogP contribution in [0.1, 0.15) is 30.4 Å². The van der Waals surface area contributed by atoms with Gasteiger partial charge in [-0.15, -0.1) is 0 Å². The fourth-order valence-corrected chi connectivity index (χ4v) is 5.17. The van der Waals surface area contributed by atoms with Crippen molar-refractivity contribution in [2.45, 2.75) is 30.8 Å². The lowest BCUT2D eigenvalue weighted by Gasteiger charge is -2.40. The highest BCUT2D eigenvalue weighted by atomic mass is 35.5. The molecule has 1 N–H and O–H groups in total. The third-order valence-corrected chi connectivity index (χ3v) is 6.61. The lowest BCUT2D eigenvalue weighted by Crippen LogP contribution is -2.51. The Morgan fingerprint density at radius 3 is 2.62 bits per heavy atom. The van der Waals surface area contributed by atoms with Gasteiger partial charge in [-0.3, -0.25) is 9.59 Å². The van der Waals surface area contributed by atoms with Crippen LogP contribution < -0.4 is 5.32 Å². The van der Waals surface area contributed by atoms with Crippen LogP contribution in [0.4, 0.5) is 5.69 Å². The molecule has 1 fully saturated rings. The molecule has 2 aliphatic heterocycles. The summed E-state index contributed by atoms with van der Waals surface area (Å²) < 4.78 is 5.84. The molecule has 4 rings (SSSR count). The molecular formula is C22H22Cl2N2O3. The first kappa shape index (κ1) is 20.2. The van der Waals surface area contributed by atoms with E-state index >= 15 is 0 Å². The summed E-state index contributed by atoms with van der Waals surface area (Å²) in [4.78, 5) is 28.3. The van der Waals surface area contributed by atoms with Crippen LogP contribution in [0.25, 0.3) is 0 Å². The van der Waals surface area contributed by atoms with Crippen molar-refractivity contribution in [3.8, 4) is 0 Å². The zero-order chi connectivity index (χ0) is 20.8. The van der Waals surface area contributed by atoms with Crippen molar-refractivity contribution >= 4 is 40.7 Å². The van der Waals surface area contributed by atoms with E-state index in [-0.39, 0.29) is 24.2 Å². The second kappa shape index (κ2) is 7.63. The second-order valence-corrected chi connectivity index (χ2v) is 8.35. The van der Waals surface area contributed by atoms with Crippen LogP contribution in [-0.2, 0) is 19.7 Å². The number of ether oxygens (including phenoxy) is 1. The van der Waals surface area contributed by atoms with Gasteiger partial charge in [0.05, 0.1) is 12.5 Å². The van der Waals surface area contributed by atoms with Crippen molar-refractivity contribution in [3.63, 3.8) is 0 Å². The summed E-state index contributed by atoms with van der Waals surface area (Å²) in [7, 11) is 1.55. The van der Waals surface area contributed by atoms with E-state index in [1.807, 2.05) is 31.2 Å². The Labute approximate surface area is 179 Å². The number of nitrogens with one attached hydrogen (secondary N) is 1. The summed E-state index contributed by atoms with van der Waals surface area (Å²) in [6.07, 6.45) is -0.505. The van der Waals surface area contributed by atoms with Crippen molar-refractivity contribution in [2.75, 3.05) is 25.5 Å². The summed E-state index contributed by atoms with van der Waals surface area (Å²) in [6.45, 7) is 2.89. The van der Waals surface area contributed by atoms with E-state index < -0.39 is 11.5 Å². The highest BCUT2D eigenvalue weighted by Gasteiger charge is 2.60. The first-order valence-corrected chi connectivity index (χ1v) is 10.3. The summed E-state index contributed by atoms with van der Waals surface area (Å²) in [5.41, 5.74) is 1.29. The van der Waals surface area contributed by atoms with Crippen molar-refractivity contribution in [3.05, 3.63) is 63.6 Å². The standard InChI is InChI=1S/C22H22Cl2N2O3/c1-3-26-12-17(13-5-4-6-14(23)9-13)22(19(29-2)11-20(26)27)16-8-7-15(24)10-18(16)25-21(22)28/h4-10,17,19H,3,11-12H2,1-2H3,(H,25,28)/t17-,19-,22-/m0/s1. The normalized spacial score (nSPS) is 26.4. The molecule has 2 aliphatic rings. The molecule has 2 aromatic rings. The largest absolute Gasteiger partial charge is 0.379 e. The molecule has 0 aliphatic carbocycles. The zero-order valence-corrected chi connectivity index (χ0v) is 17.8. The van der Waals surface area contributed by atoms with E-state index in [4.69, 9.17) is 27.9 Å². The van der Waals surface area contributed by atoms with E-state index in [0.717, 1.165) is 11.1 Å². The maximum absolute atomic E-state index is 13.6. The maximum Gasteiger partial charge on any atom is 0.238 e. The molecule has 3 atom stereocenters. The molecule has 0 unspecified atom stereocenters. The zero-order valence-electron chi connectivity index (χ0n) is 16.2. The van der Waals surface area contributed by atoms with Crippen LogP contribution in [0.5, 0.6) is 0 Å². The number of halogens is 2. The van der Waals surface area contributed by atoms with Crippen molar-refractivity contribution in [1.82, 2.24) is 4.90 Å². The Morgan fingerprint density at radius 2 is 1.93 bits per heavy atom. The van der Waals surface area contributed by atoms with Gasteiger partial charge < -0.3 is 15.0 Å². The molecule has 29 heavy (non-hydrogen) atoms. The second-order valence-electron chi connectivity index (χ2n) is 7.48. The van der Waals surface area contributed by atoms with E-state index in [1.165, 1.54) is 0 Å². The van der Waals surface area contributed by atoms with Gasteiger partial charge in [-0.25, -0.2) is 0 Å². The molecule has 2 aromatic carbocycles. The number of anilines is 1. The van der Waals surface area contributed by atoms with E-state index in [2.05, 4.69) is 5.32 Å². The van der Waals surface area contributed by atoms with Crippen molar-refractivity contribution in [2.24, 2.45) is 0 Å². The minimum Gasteiger partial charge on any atom is -0.379 e. The summed E-state index contributed by atoms with van der Waals surface area (Å²) >= 11 is 12.5. The molecule has 1 spiro atoms. The Bertz CT molecular complexity index is 980. The number of hydrogen-bond donors (Lipinski definition) is 1. The summed E-state index contributed by atoms with van der Waals surface area (Å²) in [5, 5.41) is 4.11. The number of carbonyl (C=O) groups is 2. The van der Waals surface area contributed by atoms with Gasteiger partial charge in [0.25, 0.3) is 0 Å². The SMILES string of the molecule is CCN1C[C@@H](c2cccc(Cl)c2)[C@]2(C(=O)Nc3cc(Cl)ccc32)[C@@H](OC)CC1=O. The van der Waals surface area contributed by atoms with Crippen LogP contribution in [0.2, 0.25) is 10.0 Å². The number of amides is 2. The minimum absolute atomic E-state index is 0.0292. The molecule has 0 aromatic heterocycles. The highest BCUT2D eigenvalue weighted by Crippen LogP contribution is 2.53. The van der Waals surface area contributed by atoms with Crippen LogP contribution in [0, 0.1) is 0 Å². The Hall–Kier alpha value is -2.08.